The van der Waals surface area contributed by atoms with E-state index in [1.807, 2.05) is 20.8 Å². The molecule has 1 unspecified atom stereocenters. The van der Waals surface area contributed by atoms with E-state index in [0.29, 0.717) is 0 Å². The van der Waals surface area contributed by atoms with Crippen molar-refractivity contribution in [3.05, 3.63) is 11.9 Å². The summed E-state index contributed by atoms with van der Waals surface area (Å²) in [6, 6.07) is -0.276. The van der Waals surface area contributed by atoms with Crippen LogP contribution in [0.3, 0.4) is 0 Å². The van der Waals surface area contributed by atoms with Gasteiger partial charge < -0.3 is 20.3 Å². The molecular weight excluding hydrogens is 282 g/mol. The molecule has 0 aromatic rings. The van der Waals surface area contributed by atoms with Gasteiger partial charge in [-0.3, -0.25) is 10.6 Å². The predicted octanol–water partition coefficient (Wildman–Crippen LogP) is 1.47. The summed E-state index contributed by atoms with van der Waals surface area (Å²) in [6.45, 7) is 6.01. The molecule has 1 aliphatic rings. The molecule has 0 saturated heterocycles. The largest absolute Gasteiger partial charge is 0.469 e. The predicted molar refractivity (Wildman–Crippen MR) is 85.3 cm³/mol. The average Bonchev–Trinajstić information content (AvgIpc) is 2.50. The molecule has 0 aliphatic heterocycles. The number of methoxy groups -OCH3 is 1. The van der Waals surface area contributed by atoms with Crippen molar-refractivity contribution in [2.45, 2.75) is 52.5 Å². The molecule has 0 aromatic heterocycles. The quantitative estimate of drug-likeness (QED) is 0.298. The van der Waals surface area contributed by atoms with Crippen LogP contribution in [-0.2, 0) is 14.3 Å². The number of hydrogen-bond donors (Lipinski definition) is 3. The number of allylic oxidation sites excluding steroid dienone is 1. The van der Waals surface area contributed by atoms with Crippen LogP contribution in [0.4, 0.5) is 0 Å². The van der Waals surface area contributed by atoms with Gasteiger partial charge in [-0.05, 0) is 31.1 Å². The Hall–Kier alpha value is -1.56. The van der Waals surface area contributed by atoms with Gasteiger partial charge in [0.15, 0.2) is 0 Å². The van der Waals surface area contributed by atoms with Crippen LogP contribution in [-0.4, -0.2) is 25.4 Å². The molecule has 0 spiro atoms. The highest BCUT2D eigenvalue weighted by Crippen LogP contribution is 2.32. The SMILES string of the molecule is COC(=O)C1CCC(/C(=C/NC(C=O)C(C)(C)C)NN)CC1. The number of aldehydes is 1. The summed E-state index contributed by atoms with van der Waals surface area (Å²) < 4.78 is 4.80. The third-order valence-electron chi connectivity index (χ3n) is 4.36. The van der Waals surface area contributed by atoms with E-state index in [0.717, 1.165) is 37.7 Å². The van der Waals surface area contributed by atoms with Gasteiger partial charge in [0.05, 0.1) is 19.1 Å². The summed E-state index contributed by atoms with van der Waals surface area (Å²) in [5.41, 5.74) is 3.44. The molecule has 1 rings (SSSR count). The third-order valence-corrected chi connectivity index (χ3v) is 4.36. The zero-order chi connectivity index (χ0) is 16.8. The Labute approximate surface area is 132 Å². The minimum absolute atomic E-state index is 0.00877. The number of carbonyl (C=O) groups excluding carboxylic acids is 2. The van der Waals surface area contributed by atoms with Gasteiger partial charge in [0.1, 0.15) is 6.29 Å². The smallest absolute Gasteiger partial charge is 0.308 e. The molecule has 6 nitrogen and oxygen atoms in total. The molecule has 0 radical (unpaired) electrons. The van der Waals surface area contributed by atoms with Crippen LogP contribution in [0.5, 0.6) is 0 Å². The molecule has 0 amide bonds. The number of hydrazine groups is 1. The summed E-state index contributed by atoms with van der Waals surface area (Å²) in [5.74, 6) is 5.75. The molecule has 0 heterocycles. The number of esters is 1. The van der Waals surface area contributed by atoms with Gasteiger partial charge in [0, 0.05) is 17.8 Å². The first-order valence-corrected chi connectivity index (χ1v) is 7.79. The Bertz CT molecular complexity index is 407. The maximum atomic E-state index is 11.5. The Morgan fingerprint density at radius 3 is 2.18 bits per heavy atom. The maximum absolute atomic E-state index is 11.5. The van der Waals surface area contributed by atoms with Crippen LogP contribution in [0.15, 0.2) is 11.9 Å². The average molecular weight is 311 g/mol. The number of ether oxygens (including phenoxy) is 1. The van der Waals surface area contributed by atoms with Crippen molar-refractivity contribution in [1.29, 1.82) is 0 Å². The lowest BCUT2D eigenvalue weighted by Gasteiger charge is -2.30. The third kappa shape index (κ3) is 5.02. The number of carbonyl (C=O) groups is 2. The van der Waals surface area contributed by atoms with Crippen molar-refractivity contribution in [3.8, 4) is 0 Å². The first-order valence-electron chi connectivity index (χ1n) is 7.79. The summed E-state index contributed by atoms with van der Waals surface area (Å²) in [7, 11) is 1.43. The number of hydrogen-bond acceptors (Lipinski definition) is 6. The Kier molecular flexibility index (Phi) is 6.87. The van der Waals surface area contributed by atoms with Gasteiger partial charge in [0.25, 0.3) is 0 Å². The fourth-order valence-corrected chi connectivity index (χ4v) is 2.76. The van der Waals surface area contributed by atoms with Crippen molar-refractivity contribution in [2.24, 2.45) is 23.1 Å². The van der Waals surface area contributed by atoms with E-state index in [9.17, 15) is 9.59 Å². The summed E-state index contributed by atoms with van der Waals surface area (Å²) >= 11 is 0. The van der Waals surface area contributed by atoms with E-state index in [4.69, 9.17) is 10.6 Å². The van der Waals surface area contributed by atoms with Gasteiger partial charge >= 0.3 is 5.97 Å². The van der Waals surface area contributed by atoms with Crippen LogP contribution in [0.1, 0.15) is 46.5 Å². The summed E-state index contributed by atoms with van der Waals surface area (Å²) in [5, 5.41) is 3.14. The van der Waals surface area contributed by atoms with Crippen molar-refractivity contribution in [1.82, 2.24) is 10.7 Å². The molecule has 126 valence electrons. The molecular formula is C16H29N3O3. The highest BCUT2D eigenvalue weighted by atomic mass is 16.5. The maximum Gasteiger partial charge on any atom is 0.308 e. The van der Waals surface area contributed by atoms with Crippen molar-refractivity contribution in [3.63, 3.8) is 0 Å². The van der Waals surface area contributed by atoms with E-state index in [-0.39, 0.29) is 29.3 Å². The molecule has 1 saturated carbocycles. The highest BCUT2D eigenvalue weighted by Gasteiger charge is 2.29. The zero-order valence-electron chi connectivity index (χ0n) is 14.0. The molecule has 1 fully saturated rings. The Morgan fingerprint density at radius 2 is 1.77 bits per heavy atom. The first-order chi connectivity index (χ1) is 10.3. The van der Waals surface area contributed by atoms with Gasteiger partial charge in [-0.2, -0.15) is 0 Å². The second-order valence-corrected chi connectivity index (χ2v) is 6.96. The van der Waals surface area contributed by atoms with Crippen LogP contribution < -0.4 is 16.6 Å². The fourth-order valence-electron chi connectivity index (χ4n) is 2.76. The van der Waals surface area contributed by atoms with Crippen molar-refractivity contribution < 1.29 is 14.3 Å². The van der Waals surface area contributed by atoms with E-state index in [1.54, 1.807) is 6.20 Å². The molecule has 4 N–H and O–H groups in total. The number of nitrogens with one attached hydrogen (secondary N) is 2. The zero-order valence-corrected chi connectivity index (χ0v) is 14.0. The van der Waals surface area contributed by atoms with E-state index >= 15 is 0 Å². The Morgan fingerprint density at radius 1 is 1.23 bits per heavy atom. The summed E-state index contributed by atoms with van der Waals surface area (Å²) in [6.07, 6.45) is 6.06. The molecule has 22 heavy (non-hydrogen) atoms. The standard InChI is InChI=1S/C16H29N3O3/c1-16(2,3)14(10-20)18-9-13(19-17)11-5-7-12(8-6-11)15(21)22-4/h9-12,14,18-19H,5-8,17H2,1-4H3/b13-9-. The lowest BCUT2D eigenvalue weighted by Crippen LogP contribution is -2.40. The van der Waals surface area contributed by atoms with Crippen LogP contribution in [0.2, 0.25) is 0 Å². The second-order valence-electron chi connectivity index (χ2n) is 6.96. The van der Waals surface area contributed by atoms with Gasteiger partial charge in [-0.25, -0.2) is 0 Å². The van der Waals surface area contributed by atoms with Crippen molar-refractivity contribution in [2.75, 3.05) is 7.11 Å². The van der Waals surface area contributed by atoms with E-state index < -0.39 is 0 Å². The lowest BCUT2D eigenvalue weighted by molar-refractivity contribution is -0.146. The van der Waals surface area contributed by atoms with Crippen LogP contribution in [0.25, 0.3) is 0 Å². The van der Waals surface area contributed by atoms with Gasteiger partial charge in [0.2, 0.25) is 0 Å². The topological polar surface area (TPSA) is 93.4 Å². The van der Waals surface area contributed by atoms with Crippen LogP contribution in [0, 0.1) is 17.3 Å². The fraction of sp³-hybridized carbons (Fsp3) is 0.750. The molecule has 6 heteroatoms. The summed E-state index contributed by atoms with van der Waals surface area (Å²) in [4.78, 5) is 22.7. The van der Waals surface area contributed by atoms with E-state index in [2.05, 4.69) is 10.7 Å². The molecule has 0 aromatic carbocycles. The monoisotopic (exact) mass is 311 g/mol. The van der Waals surface area contributed by atoms with Crippen LogP contribution >= 0.6 is 0 Å². The molecule has 1 atom stereocenters. The Balaban J connectivity index is 2.63. The van der Waals surface area contributed by atoms with Crippen molar-refractivity contribution >= 4 is 12.3 Å². The number of rotatable bonds is 6. The highest BCUT2D eigenvalue weighted by molar-refractivity contribution is 5.72. The lowest BCUT2D eigenvalue weighted by atomic mass is 9.80. The number of nitrogens with two attached hydrogens (primary N) is 1. The van der Waals surface area contributed by atoms with Gasteiger partial charge in [-0.1, -0.05) is 20.8 Å². The minimum Gasteiger partial charge on any atom is -0.469 e. The minimum atomic E-state index is -0.276. The van der Waals surface area contributed by atoms with Gasteiger partial charge in [-0.15, -0.1) is 0 Å². The first kappa shape index (κ1) is 18.5. The molecule has 1 aliphatic carbocycles. The normalized spacial score (nSPS) is 24.3. The molecule has 0 bridgehead atoms. The van der Waals surface area contributed by atoms with E-state index in [1.165, 1.54) is 7.11 Å². The second kappa shape index (κ2) is 8.17.